The number of carbonyl (C=O) groups excluding carboxylic acids is 2. The number of amides is 1. The summed E-state index contributed by atoms with van der Waals surface area (Å²) < 4.78 is 5.75. The number of hydrogen-bond donors (Lipinski definition) is 1. The molecule has 0 unspecified atom stereocenters. The van der Waals surface area contributed by atoms with E-state index in [1.165, 1.54) is 4.90 Å². The van der Waals surface area contributed by atoms with Gasteiger partial charge in [0.25, 0.3) is 11.7 Å². The van der Waals surface area contributed by atoms with Crippen LogP contribution in [0.1, 0.15) is 35.2 Å². The van der Waals surface area contributed by atoms with Crippen LogP contribution in [0.3, 0.4) is 0 Å². The highest BCUT2D eigenvalue weighted by Gasteiger charge is 2.46. The minimum atomic E-state index is -0.757. The third-order valence-electron chi connectivity index (χ3n) is 6.07. The monoisotopic (exact) mass is 459 g/mol. The molecule has 0 aliphatic carbocycles. The van der Waals surface area contributed by atoms with Crippen LogP contribution in [0, 0.1) is 0 Å². The first-order valence-electron chi connectivity index (χ1n) is 10.8. The molecule has 3 aromatic carbocycles. The first kappa shape index (κ1) is 21.3. The van der Waals surface area contributed by atoms with Crippen molar-refractivity contribution in [3.8, 4) is 5.75 Å². The number of fused-ring (bicyclic) bond motifs is 1. The number of halogens is 1. The fourth-order valence-electron chi connectivity index (χ4n) is 4.57. The van der Waals surface area contributed by atoms with E-state index in [-0.39, 0.29) is 24.0 Å². The highest BCUT2D eigenvalue weighted by Crippen LogP contribution is 2.41. The van der Waals surface area contributed by atoms with E-state index in [1.54, 1.807) is 30.3 Å². The predicted molar refractivity (Wildman–Crippen MR) is 126 cm³/mol. The second-order valence-electron chi connectivity index (χ2n) is 8.42. The summed E-state index contributed by atoms with van der Waals surface area (Å²) in [6.45, 7) is 2.21. The van der Waals surface area contributed by atoms with Gasteiger partial charge in [0.2, 0.25) is 0 Å². The van der Waals surface area contributed by atoms with Crippen LogP contribution in [0.25, 0.3) is 5.76 Å². The molecule has 5 nitrogen and oxygen atoms in total. The normalized spacial score (nSPS) is 21.2. The molecule has 3 aromatic rings. The standard InChI is InChI=1S/C27H22ClNO4/c1-16-12-20-13-19(10-11-22(20)33-16)25(30)23-24(18-8-5-9-21(28)14-18)29(27(32)26(23)31)15-17-6-3-2-4-7-17/h2-11,13-14,16,24,30H,12,15H2,1H3/b25-23+/t16-,24+/m1/s1. The van der Waals surface area contributed by atoms with Crippen LogP contribution in [-0.2, 0) is 22.6 Å². The number of hydrogen-bond acceptors (Lipinski definition) is 4. The van der Waals surface area contributed by atoms with Crippen molar-refractivity contribution in [1.82, 2.24) is 4.90 Å². The van der Waals surface area contributed by atoms with E-state index in [0.29, 0.717) is 16.1 Å². The number of carbonyl (C=O) groups is 2. The maximum Gasteiger partial charge on any atom is 0.295 e. The van der Waals surface area contributed by atoms with Gasteiger partial charge >= 0.3 is 0 Å². The van der Waals surface area contributed by atoms with Crippen LogP contribution in [0.5, 0.6) is 5.75 Å². The molecule has 2 aliphatic heterocycles. The van der Waals surface area contributed by atoms with Crippen LogP contribution in [0.15, 0.2) is 78.4 Å². The molecule has 1 amide bonds. The minimum Gasteiger partial charge on any atom is -0.507 e. The molecule has 1 N–H and O–H groups in total. The molecule has 5 rings (SSSR count). The Morgan fingerprint density at radius 1 is 1.06 bits per heavy atom. The molecule has 0 bridgehead atoms. The highest BCUT2D eigenvalue weighted by atomic mass is 35.5. The van der Waals surface area contributed by atoms with E-state index in [1.807, 2.05) is 49.4 Å². The molecule has 2 atom stereocenters. The largest absolute Gasteiger partial charge is 0.507 e. The van der Waals surface area contributed by atoms with E-state index in [0.717, 1.165) is 23.3 Å². The summed E-state index contributed by atoms with van der Waals surface area (Å²) in [5.74, 6) is -0.784. The quantitative estimate of drug-likeness (QED) is 0.327. The zero-order chi connectivity index (χ0) is 23.1. The minimum absolute atomic E-state index is 0.0558. The maximum absolute atomic E-state index is 13.2. The van der Waals surface area contributed by atoms with Crippen molar-refractivity contribution in [3.63, 3.8) is 0 Å². The molecule has 6 heteroatoms. The Morgan fingerprint density at radius 3 is 2.61 bits per heavy atom. The molecule has 33 heavy (non-hydrogen) atoms. The predicted octanol–water partition coefficient (Wildman–Crippen LogP) is 5.29. The molecule has 2 heterocycles. The Balaban J connectivity index is 1.64. The third-order valence-corrected chi connectivity index (χ3v) is 6.30. The van der Waals surface area contributed by atoms with E-state index in [9.17, 15) is 14.7 Å². The number of likely N-dealkylation sites (tertiary alicyclic amines) is 1. The van der Waals surface area contributed by atoms with Crippen LogP contribution >= 0.6 is 11.6 Å². The lowest BCUT2D eigenvalue weighted by Gasteiger charge is -2.25. The summed E-state index contributed by atoms with van der Waals surface area (Å²) in [5.41, 5.74) is 3.05. The Bertz CT molecular complexity index is 1280. The lowest BCUT2D eigenvalue weighted by Crippen LogP contribution is -2.29. The van der Waals surface area contributed by atoms with Gasteiger partial charge in [0.15, 0.2) is 0 Å². The van der Waals surface area contributed by atoms with Crippen molar-refractivity contribution < 1.29 is 19.4 Å². The number of aliphatic hydroxyl groups is 1. The number of aliphatic hydroxyl groups excluding tert-OH is 1. The molecule has 0 saturated carbocycles. The van der Waals surface area contributed by atoms with E-state index in [4.69, 9.17) is 16.3 Å². The summed E-state index contributed by atoms with van der Waals surface area (Å²) >= 11 is 6.25. The molecule has 0 spiro atoms. The van der Waals surface area contributed by atoms with Crippen molar-refractivity contribution >= 4 is 29.1 Å². The first-order chi connectivity index (χ1) is 15.9. The number of rotatable bonds is 4. The van der Waals surface area contributed by atoms with Gasteiger partial charge in [-0.05, 0) is 53.9 Å². The second kappa shape index (κ2) is 8.41. The topological polar surface area (TPSA) is 66.8 Å². The number of benzene rings is 3. The number of nitrogens with zero attached hydrogens (tertiary/aromatic N) is 1. The Kier molecular flexibility index (Phi) is 5.43. The SMILES string of the molecule is C[C@@H]1Cc2cc(/C(O)=C3\C(=O)C(=O)N(Cc4ccccc4)[C@H]3c3cccc(Cl)c3)ccc2O1. The average Bonchev–Trinajstić information content (AvgIpc) is 3.30. The van der Waals surface area contributed by atoms with E-state index in [2.05, 4.69) is 0 Å². The van der Waals surface area contributed by atoms with Gasteiger partial charge in [0.1, 0.15) is 17.6 Å². The summed E-state index contributed by atoms with van der Waals surface area (Å²) in [6, 6.07) is 21.1. The molecule has 0 aromatic heterocycles. The number of Topliss-reactive ketones (excluding diaryl/α,β-unsaturated/α-hetero) is 1. The van der Waals surface area contributed by atoms with Gasteiger partial charge in [0.05, 0.1) is 11.6 Å². The average molecular weight is 460 g/mol. The van der Waals surface area contributed by atoms with Crippen molar-refractivity contribution in [2.45, 2.75) is 32.0 Å². The smallest absolute Gasteiger partial charge is 0.295 e. The second-order valence-corrected chi connectivity index (χ2v) is 8.86. The fraction of sp³-hybridized carbons (Fsp3) is 0.185. The van der Waals surface area contributed by atoms with Crippen molar-refractivity contribution in [1.29, 1.82) is 0 Å². The van der Waals surface area contributed by atoms with E-state index < -0.39 is 17.7 Å². The van der Waals surface area contributed by atoms with Gasteiger partial charge < -0.3 is 14.7 Å². The third kappa shape index (κ3) is 3.89. The van der Waals surface area contributed by atoms with Gasteiger partial charge in [-0.1, -0.05) is 54.1 Å². The number of ketones is 1. The van der Waals surface area contributed by atoms with E-state index >= 15 is 0 Å². The molecular weight excluding hydrogens is 438 g/mol. The van der Waals surface area contributed by atoms with Crippen LogP contribution in [-0.4, -0.2) is 27.8 Å². The summed E-state index contributed by atoms with van der Waals surface area (Å²) in [6.07, 6.45) is 0.775. The molecule has 1 fully saturated rings. The molecule has 166 valence electrons. The molecule has 2 aliphatic rings. The zero-order valence-corrected chi connectivity index (χ0v) is 18.8. The van der Waals surface area contributed by atoms with Crippen LogP contribution in [0.4, 0.5) is 0 Å². The van der Waals surface area contributed by atoms with Crippen LogP contribution in [0.2, 0.25) is 5.02 Å². The first-order valence-corrected chi connectivity index (χ1v) is 11.2. The van der Waals surface area contributed by atoms with Gasteiger partial charge in [-0.25, -0.2) is 0 Å². The van der Waals surface area contributed by atoms with Crippen molar-refractivity contribution in [2.75, 3.05) is 0 Å². The van der Waals surface area contributed by atoms with Crippen molar-refractivity contribution in [2.24, 2.45) is 0 Å². The Morgan fingerprint density at radius 2 is 1.85 bits per heavy atom. The van der Waals surface area contributed by atoms with Crippen LogP contribution < -0.4 is 4.74 Å². The molecule has 1 saturated heterocycles. The van der Waals surface area contributed by atoms with Crippen molar-refractivity contribution in [3.05, 3.63) is 106 Å². The van der Waals surface area contributed by atoms with Gasteiger partial charge in [-0.2, -0.15) is 0 Å². The summed E-state index contributed by atoms with van der Waals surface area (Å²) in [7, 11) is 0. The Labute approximate surface area is 196 Å². The highest BCUT2D eigenvalue weighted by molar-refractivity contribution is 6.46. The van der Waals surface area contributed by atoms with Gasteiger partial charge in [0, 0.05) is 23.6 Å². The lowest BCUT2D eigenvalue weighted by atomic mass is 9.94. The molecular formula is C27H22ClNO4. The molecule has 0 radical (unpaired) electrons. The van der Waals surface area contributed by atoms with Gasteiger partial charge in [-0.3, -0.25) is 9.59 Å². The Hall–Kier alpha value is -3.57. The maximum atomic E-state index is 13.2. The summed E-state index contributed by atoms with van der Waals surface area (Å²) in [4.78, 5) is 27.8. The van der Waals surface area contributed by atoms with Gasteiger partial charge in [-0.15, -0.1) is 0 Å². The summed E-state index contributed by atoms with van der Waals surface area (Å²) in [5, 5.41) is 11.8. The lowest BCUT2D eigenvalue weighted by molar-refractivity contribution is -0.140. The number of ether oxygens (including phenoxy) is 1. The zero-order valence-electron chi connectivity index (χ0n) is 18.0. The fourth-order valence-corrected chi connectivity index (χ4v) is 4.77.